The second-order valence-electron chi connectivity index (χ2n) is 27.8. The van der Waals surface area contributed by atoms with Crippen LogP contribution in [0.1, 0.15) is 83.3 Å². The highest BCUT2D eigenvalue weighted by Gasteiger charge is 2.61. The number of alkyl halides is 11. The number of amides is 4. The number of methoxy groups -OCH3 is 2. The quantitative estimate of drug-likeness (QED) is 0.00795. The third kappa shape index (κ3) is 36.6. The normalized spacial score (nSPS) is 23.9. The minimum atomic E-state index is -6.19. The van der Waals surface area contributed by atoms with Crippen molar-refractivity contribution < 1.29 is 188 Å². The van der Waals surface area contributed by atoms with Crippen LogP contribution in [0.3, 0.4) is 0 Å². The highest BCUT2D eigenvalue weighted by atomic mass is 33.1. The Labute approximate surface area is 712 Å². The molecule has 0 aliphatic carbocycles. The van der Waals surface area contributed by atoms with Crippen molar-refractivity contribution in [3.8, 4) is 0 Å². The lowest BCUT2D eigenvalue weighted by Gasteiger charge is -2.24. The maximum atomic E-state index is 13.8. The summed E-state index contributed by atoms with van der Waals surface area (Å²) in [6.45, 7) is 3.34. The summed E-state index contributed by atoms with van der Waals surface area (Å²) in [5.41, 5.74) is -2.36. The van der Waals surface area contributed by atoms with E-state index < -0.39 is 243 Å². The lowest BCUT2D eigenvalue weighted by atomic mass is 10.0. The number of rotatable bonds is 39. The molecular formula is C74H92F21N5O20S4. The van der Waals surface area contributed by atoms with E-state index in [1.807, 2.05) is 56.6 Å². The number of ether oxygens (including phenoxy) is 14. The van der Waals surface area contributed by atoms with Crippen LogP contribution in [0.5, 0.6) is 0 Å². The van der Waals surface area contributed by atoms with E-state index in [1.165, 1.54) is 12.0 Å². The number of aromatic nitrogens is 1. The number of benzene rings is 3. The smallest absolute Gasteiger partial charge is 0.391 e. The molecule has 704 valence electrons. The van der Waals surface area contributed by atoms with Crippen LogP contribution in [0, 0.1) is 58.2 Å². The lowest BCUT2D eigenvalue weighted by Crippen LogP contribution is -2.44. The summed E-state index contributed by atoms with van der Waals surface area (Å²) in [6.07, 6.45) is -19.0. The van der Waals surface area contributed by atoms with Crippen molar-refractivity contribution in [2.24, 2.45) is 0 Å². The monoisotopic (exact) mass is 1900 g/mol. The van der Waals surface area contributed by atoms with Gasteiger partial charge in [0.1, 0.15) is 30.5 Å². The van der Waals surface area contributed by atoms with Gasteiger partial charge in [-0.25, -0.2) is 70.2 Å². The maximum Gasteiger partial charge on any atom is 0.453 e. The molecule has 13 unspecified atom stereocenters. The molecule has 0 spiro atoms. The predicted octanol–water partition coefficient (Wildman–Crippen LogP) is 12.3. The Kier molecular flexibility index (Phi) is 44.4. The molecule has 6 aliphatic heterocycles. The van der Waals surface area contributed by atoms with Crippen molar-refractivity contribution in [2.45, 2.75) is 213 Å². The van der Waals surface area contributed by atoms with Crippen molar-refractivity contribution in [1.29, 1.82) is 0 Å². The van der Waals surface area contributed by atoms with Crippen molar-refractivity contribution in [1.82, 2.24) is 25.8 Å². The van der Waals surface area contributed by atoms with E-state index in [4.69, 9.17) is 76.5 Å². The van der Waals surface area contributed by atoms with Crippen LogP contribution in [0.15, 0.2) is 59.8 Å². The second kappa shape index (κ2) is 51.5. The summed E-state index contributed by atoms with van der Waals surface area (Å²) in [5.74, 6) is -40.4. The molecule has 1 aromatic heterocycles. The van der Waals surface area contributed by atoms with Gasteiger partial charge in [-0.15, -0.1) is 0 Å². The summed E-state index contributed by atoms with van der Waals surface area (Å²) in [4.78, 5) is 49.2. The molecule has 6 N–H and O–H groups in total. The number of aliphatic hydroxyl groups excluding tert-OH is 2. The third-order valence-electron chi connectivity index (χ3n) is 17.6. The van der Waals surface area contributed by atoms with Gasteiger partial charge in [0.2, 0.25) is 35.3 Å². The summed E-state index contributed by atoms with van der Waals surface area (Å²) in [5, 5.41) is 26.6. The highest BCUT2D eigenvalue weighted by molar-refractivity contribution is 8.77. The largest absolute Gasteiger partial charge is 0.453 e. The van der Waals surface area contributed by atoms with Gasteiger partial charge in [0.05, 0.1) is 77.3 Å². The number of nitrogens with zero attached hydrogens (tertiary/aromatic N) is 1. The predicted molar refractivity (Wildman–Crippen MR) is 400 cm³/mol. The van der Waals surface area contributed by atoms with E-state index in [0.29, 0.717) is 33.4 Å². The Bertz CT molecular complexity index is 3780. The van der Waals surface area contributed by atoms with Crippen LogP contribution >= 0.6 is 43.2 Å². The molecule has 13 atom stereocenters. The molecule has 7 heterocycles. The van der Waals surface area contributed by atoms with Gasteiger partial charge in [-0.3, -0.25) is 19.2 Å². The summed E-state index contributed by atoms with van der Waals surface area (Å²) >= 11 is 0. The number of nitrogens with one attached hydrogen (secondary N) is 4. The fourth-order valence-electron chi connectivity index (χ4n) is 11.4. The Morgan fingerprint density at radius 2 is 0.782 bits per heavy atom. The van der Waals surface area contributed by atoms with Crippen LogP contribution in [0.25, 0.3) is 0 Å². The first-order chi connectivity index (χ1) is 58.3. The Hall–Kier alpha value is -5.89. The van der Waals surface area contributed by atoms with Gasteiger partial charge in [0.25, 0.3) is 30.7 Å². The van der Waals surface area contributed by atoms with Crippen LogP contribution < -0.4 is 21.3 Å². The molecule has 25 nitrogen and oxygen atoms in total. The molecule has 10 rings (SSSR count). The Morgan fingerprint density at radius 3 is 1.12 bits per heavy atom. The molecule has 6 fully saturated rings. The molecule has 4 aromatic rings. The maximum absolute atomic E-state index is 13.8. The van der Waals surface area contributed by atoms with Crippen LogP contribution in [-0.2, 0) is 105 Å². The van der Waals surface area contributed by atoms with Crippen molar-refractivity contribution in [2.75, 3.05) is 97.3 Å². The van der Waals surface area contributed by atoms with Gasteiger partial charge >= 0.3 is 12.1 Å². The first kappa shape index (κ1) is 107. The fraction of sp³-hybridized carbons (Fsp3) is 0.649. The van der Waals surface area contributed by atoms with Crippen LogP contribution in [0.4, 0.5) is 92.2 Å². The number of aliphatic hydroxyl groups is 2. The zero-order chi connectivity index (χ0) is 91.9. The third-order valence-corrected chi connectivity index (χ3v) is 22.5. The summed E-state index contributed by atoms with van der Waals surface area (Å²) in [7, 11) is 9.32. The van der Waals surface area contributed by atoms with E-state index in [0.717, 1.165) is 30.9 Å². The first-order valence-corrected chi connectivity index (χ1v) is 42.5. The van der Waals surface area contributed by atoms with E-state index in [1.54, 1.807) is 43.2 Å². The number of carbonyl (C=O) groups is 4. The minimum absolute atomic E-state index is 0.0365. The Morgan fingerprint density at radius 1 is 0.444 bits per heavy atom. The standard InChI is InChI=1S/C24H20F10N2O5.C20H27F11N2O5.C11H14O3S2.C10H18O5S2.C9H13NO2/c1-39-24-40-10(6-35-12(37)4-2-8-14(25)18(29)22(33)19(30)15(8)26)11(41-24)7-36-13(38)5-3-9-16(27)20(31)23(34)21(32)17(9)28;1-16(21,22)9-17(23,24)5-3-13(34)32-7-11-12(38-15(36-2)37-11)8-33-14(35)4-6-18(25,26)10-19(27,28)20(29,30)31;12-6-11-13-7-9(14-11)8-15-16-10-4-2-1-3-5-10;1-7-12-3-8(14-7)5-16-17-6-9-4-13-10(2-11)15-9;1-8-11-7-9(12-8)6-10-4-2-3-5-10/h10-11,24H,2-7H2,1H3,(H,35,37)(H,36,38);11-12,15H,3-10H2,1-2H3,(H,32,34)(H,33,35);1-5,9,11-12H,6-8H2;7-11H,2-6H2,1H3;2-5,8-9H,6-7H2,1H3. The molecule has 4 amide bonds. The lowest BCUT2D eigenvalue weighted by molar-refractivity contribution is -0.300. The van der Waals surface area contributed by atoms with E-state index >= 15 is 0 Å². The number of halogens is 21. The molecule has 3 aromatic carbocycles. The summed E-state index contributed by atoms with van der Waals surface area (Å²) < 4.78 is 353. The topological polar surface area (TPSA) is 291 Å². The van der Waals surface area contributed by atoms with E-state index in [2.05, 4.69) is 38.0 Å². The van der Waals surface area contributed by atoms with Gasteiger partial charge in [0, 0.05) is 125 Å². The zero-order valence-corrected chi connectivity index (χ0v) is 69.8. The zero-order valence-electron chi connectivity index (χ0n) is 66.5. The van der Waals surface area contributed by atoms with Gasteiger partial charge in [0.15, 0.2) is 71.7 Å². The number of hydrogen-bond donors (Lipinski definition) is 6. The average Bonchev–Trinajstić information content (AvgIpc) is 1.27. The van der Waals surface area contributed by atoms with E-state index in [9.17, 15) is 111 Å². The van der Waals surface area contributed by atoms with Crippen LogP contribution in [-0.4, -0.2) is 253 Å². The molecule has 6 saturated heterocycles. The van der Waals surface area contributed by atoms with Gasteiger partial charge < -0.3 is 102 Å². The van der Waals surface area contributed by atoms with Crippen molar-refractivity contribution in [3.63, 3.8) is 0 Å². The molecule has 0 bridgehead atoms. The van der Waals surface area contributed by atoms with Crippen molar-refractivity contribution >= 4 is 66.8 Å². The molecule has 0 saturated carbocycles. The van der Waals surface area contributed by atoms with Gasteiger partial charge in [-0.1, -0.05) is 61.4 Å². The van der Waals surface area contributed by atoms with Crippen LogP contribution in [0.2, 0.25) is 0 Å². The fourth-order valence-corrected chi connectivity index (χ4v) is 15.9. The average molecular weight is 1900 g/mol. The SMILES string of the molecule is CC1OCC(CSSCC2COC(CO)O2)O1.CC1OCC(Cn2cccc2)O1.COC1OC(CNC(=O)CCC(F)(F)CC(C)(F)F)C(CNC(=O)CCC(F)(F)CC(F)(F)C(F)(F)F)O1.COC1OC(CNC(=O)CCc2c(F)c(F)c(F)c(F)c2F)C(CNC(=O)CCc2c(F)c(F)c(F)c(F)c2F)O1.OCC1OCC(CSSc2ccccc2)O1. The molecule has 124 heavy (non-hydrogen) atoms. The highest BCUT2D eigenvalue weighted by Crippen LogP contribution is 2.44. The number of carbonyl (C=O) groups excluding carboxylic acids is 4. The molecule has 50 heteroatoms. The second-order valence-corrected chi connectivity index (χ2v) is 32.7. The molecule has 6 aliphatic rings. The van der Waals surface area contributed by atoms with Gasteiger partial charge in [-0.05, 0) is 57.9 Å². The molecular weight excluding hydrogens is 1810 g/mol. The number of hydrogen-bond acceptors (Lipinski definition) is 24. The Balaban J connectivity index is 0.000000258. The first-order valence-electron chi connectivity index (χ1n) is 37.7. The molecule has 0 radical (unpaired) electrons. The van der Waals surface area contributed by atoms with Crippen molar-refractivity contribution in [3.05, 3.63) is 124 Å². The summed E-state index contributed by atoms with van der Waals surface area (Å²) in [6, 6.07) is 14.3. The minimum Gasteiger partial charge on any atom is -0.391 e. The van der Waals surface area contributed by atoms with E-state index in [-0.39, 0.29) is 69.8 Å². The van der Waals surface area contributed by atoms with Gasteiger partial charge in [-0.2, -0.15) is 22.0 Å².